The maximum atomic E-state index is 12.4. The highest BCUT2D eigenvalue weighted by atomic mass is 32.1. The number of hydrogen-bond donors (Lipinski definition) is 2. The van der Waals surface area contributed by atoms with Gasteiger partial charge < -0.3 is 10.2 Å². The Balaban J connectivity index is 1.92. The van der Waals surface area contributed by atoms with Crippen LogP contribution < -0.4 is 5.32 Å². The van der Waals surface area contributed by atoms with Gasteiger partial charge in [-0.1, -0.05) is 0 Å². The van der Waals surface area contributed by atoms with E-state index >= 15 is 0 Å². The second-order valence-corrected chi connectivity index (χ2v) is 6.36. The Labute approximate surface area is 124 Å². The van der Waals surface area contributed by atoms with Gasteiger partial charge in [-0.3, -0.25) is 14.4 Å². The molecular formula is C14H22N2O3S. The molecule has 112 valence electrons. The number of Topliss-reactive ketones (excluding diaryl/α,β-unsaturated/α-hetero) is 1. The van der Waals surface area contributed by atoms with E-state index in [-0.39, 0.29) is 35.1 Å². The van der Waals surface area contributed by atoms with Crippen LogP contribution in [0.3, 0.4) is 0 Å². The van der Waals surface area contributed by atoms with Crippen LogP contribution in [0.1, 0.15) is 39.5 Å². The first-order chi connectivity index (χ1) is 9.39. The lowest BCUT2D eigenvalue weighted by molar-refractivity contribution is -0.169. The number of carbonyl (C=O) groups excluding carboxylic acids is 3. The second-order valence-electron chi connectivity index (χ2n) is 6.00. The van der Waals surface area contributed by atoms with Gasteiger partial charge in [0.25, 0.3) is 0 Å². The molecule has 5 nitrogen and oxygen atoms in total. The predicted molar refractivity (Wildman–Crippen MR) is 78.5 cm³/mol. The highest BCUT2D eigenvalue weighted by Crippen LogP contribution is 2.46. The maximum absolute atomic E-state index is 12.4. The third-order valence-corrected chi connectivity index (χ3v) is 4.90. The Hall–Kier alpha value is -1.04. The molecule has 0 aromatic rings. The van der Waals surface area contributed by atoms with Crippen molar-refractivity contribution in [2.75, 3.05) is 12.3 Å². The summed E-state index contributed by atoms with van der Waals surface area (Å²) in [6, 6.07) is -0.196. The maximum Gasteiger partial charge on any atom is 0.231 e. The summed E-state index contributed by atoms with van der Waals surface area (Å²) in [5.41, 5.74) is -0.286. The summed E-state index contributed by atoms with van der Waals surface area (Å²) in [7, 11) is 0. The van der Waals surface area contributed by atoms with Crippen molar-refractivity contribution in [2.45, 2.75) is 51.6 Å². The minimum atomic E-state index is -0.385. The van der Waals surface area contributed by atoms with E-state index in [0.717, 1.165) is 25.7 Å². The molecule has 0 aromatic carbocycles. The lowest BCUT2D eigenvalue weighted by Gasteiger charge is -2.54. The summed E-state index contributed by atoms with van der Waals surface area (Å²) in [4.78, 5) is 36.6. The molecule has 1 atom stereocenters. The van der Waals surface area contributed by atoms with Crippen LogP contribution in [0.2, 0.25) is 0 Å². The van der Waals surface area contributed by atoms with Crippen molar-refractivity contribution in [3.63, 3.8) is 0 Å². The number of hydrogen-bond acceptors (Lipinski definition) is 4. The zero-order valence-corrected chi connectivity index (χ0v) is 12.9. The van der Waals surface area contributed by atoms with Crippen molar-refractivity contribution in [1.82, 2.24) is 10.2 Å². The number of rotatable bonds is 4. The molecule has 1 aliphatic carbocycles. The normalized spacial score (nSPS) is 30.9. The van der Waals surface area contributed by atoms with Crippen LogP contribution in [0.25, 0.3) is 0 Å². The fourth-order valence-corrected chi connectivity index (χ4v) is 3.81. The number of nitrogens with zero attached hydrogens (tertiary/aromatic N) is 1. The van der Waals surface area contributed by atoms with E-state index < -0.39 is 0 Å². The van der Waals surface area contributed by atoms with Gasteiger partial charge in [-0.05, 0) is 32.6 Å². The monoisotopic (exact) mass is 298 g/mol. The molecule has 0 aromatic heterocycles. The predicted octanol–water partition coefficient (Wildman–Crippen LogP) is 0.781. The quantitative estimate of drug-likeness (QED) is 0.595. The smallest absolute Gasteiger partial charge is 0.231 e. The summed E-state index contributed by atoms with van der Waals surface area (Å²) < 4.78 is 0. The molecule has 1 spiro atoms. The minimum Gasteiger partial charge on any atom is -0.354 e. The van der Waals surface area contributed by atoms with Crippen molar-refractivity contribution >= 4 is 30.2 Å². The Bertz CT molecular complexity index is 430. The molecule has 1 saturated carbocycles. The van der Waals surface area contributed by atoms with Crippen molar-refractivity contribution in [3.05, 3.63) is 0 Å². The molecule has 0 bridgehead atoms. The molecule has 2 aliphatic rings. The van der Waals surface area contributed by atoms with Crippen LogP contribution in [0.15, 0.2) is 0 Å². The van der Waals surface area contributed by atoms with Crippen LogP contribution >= 0.6 is 12.6 Å². The van der Waals surface area contributed by atoms with E-state index in [1.807, 2.05) is 0 Å². The Morgan fingerprint density at radius 3 is 2.40 bits per heavy atom. The van der Waals surface area contributed by atoms with E-state index in [9.17, 15) is 14.4 Å². The van der Waals surface area contributed by atoms with Crippen LogP contribution in [0.5, 0.6) is 0 Å². The summed E-state index contributed by atoms with van der Waals surface area (Å²) in [6.45, 7) is 3.68. The third-order valence-electron chi connectivity index (χ3n) is 4.56. The molecule has 2 fully saturated rings. The van der Waals surface area contributed by atoms with Gasteiger partial charge in [-0.2, -0.15) is 12.6 Å². The van der Waals surface area contributed by atoms with E-state index in [1.165, 1.54) is 13.8 Å². The fraction of sp³-hybridized carbons (Fsp3) is 0.786. The summed E-state index contributed by atoms with van der Waals surface area (Å²) in [6.07, 6.45) is 3.27. The zero-order chi connectivity index (χ0) is 14.9. The highest BCUT2D eigenvalue weighted by Gasteiger charge is 2.55. The number of thiol groups is 1. The summed E-state index contributed by atoms with van der Waals surface area (Å²) in [5, 5.41) is 2.92. The minimum absolute atomic E-state index is 0.00451. The van der Waals surface area contributed by atoms with Crippen LogP contribution in [0, 0.1) is 5.41 Å². The lowest BCUT2D eigenvalue weighted by Crippen LogP contribution is -2.67. The van der Waals surface area contributed by atoms with Crippen molar-refractivity contribution in [1.29, 1.82) is 0 Å². The van der Waals surface area contributed by atoms with Gasteiger partial charge >= 0.3 is 0 Å². The number of carbonyl (C=O) groups is 3. The summed E-state index contributed by atoms with van der Waals surface area (Å²) in [5.74, 6) is 0.452. The Morgan fingerprint density at radius 2 is 2.00 bits per heavy atom. The topological polar surface area (TPSA) is 66.5 Å². The zero-order valence-electron chi connectivity index (χ0n) is 12.0. The molecule has 20 heavy (non-hydrogen) atoms. The van der Waals surface area contributed by atoms with Crippen molar-refractivity contribution in [3.8, 4) is 0 Å². The Morgan fingerprint density at radius 1 is 1.40 bits per heavy atom. The average molecular weight is 298 g/mol. The number of β-lactam (4-membered cyclic amide) rings is 1. The van der Waals surface area contributed by atoms with Gasteiger partial charge in [0.15, 0.2) is 5.78 Å². The van der Waals surface area contributed by atoms with E-state index in [0.29, 0.717) is 12.3 Å². The first-order valence-electron chi connectivity index (χ1n) is 7.09. The number of nitrogens with one attached hydrogen (secondary N) is 1. The Kier molecular flexibility index (Phi) is 4.42. The highest BCUT2D eigenvalue weighted by molar-refractivity contribution is 7.80. The largest absolute Gasteiger partial charge is 0.354 e. The van der Waals surface area contributed by atoms with Crippen LogP contribution in [0.4, 0.5) is 0 Å². The molecule has 2 amide bonds. The first kappa shape index (κ1) is 15.4. The van der Waals surface area contributed by atoms with Gasteiger partial charge in [0, 0.05) is 25.3 Å². The SMILES string of the molecule is CC(=O)NC1CCC2(CC1)CN(C(CS)C(C)=O)C2=O. The molecule has 1 heterocycles. The molecule has 1 unspecified atom stereocenters. The number of amides is 2. The lowest BCUT2D eigenvalue weighted by atomic mass is 9.66. The van der Waals surface area contributed by atoms with Gasteiger partial charge in [0.2, 0.25) is 11.8 Å². The molecular weight excluding hydrogens is 276 g/mol. The third kappa shape index (κ3) is 2.71. The van der Waals surface area contributed by atoms with Gasteiger partial charge in [0.05, 0.1) is 11.5 Å². The molecule has 2 rings (SSSR count). The number of likely N-dealkylation sites (tertiary alicyclic amines) is 1. The fourth-order valence-electron chi connectivity index (χ4n) is 3.35. The standard InChI is InChI=1S/C14H22N2O3S/c1-9(17)12(7-20)16-8-14(13(16)19)5-3-11(4-6-14)15-10(2)18/h11-12,20H,3-8H2,1-2H3,(H,15,18). The van der Waals surface area contributed by atoms with Crippen LogP contribution in [-0.2, 0) is 14.4 Å². The molecule has 6 heteroatoms. The van der Waals surface area contributed by atoms with Gasteiger partial charge in [-0.25, -0.2) is 0 Å². The van der Waals surface area contributed by atoms with E-state index in [1.54, 1.807) is 4.90 Å². The molecule has 1 N–H and O–H groups in total. The van der Waals surface area contributed by atoms with Crippen molar-refractivity contribution in [2.24, 2.45) is 5.41 Å². The average Bonchev–Trinajstić information content (AvgIpc) is 2.39. The molecule has 1 saturated heterocycles. The molecule has 0 radical (unpaired) electrons. The van der Waals surface area contributed by atoms with E-state index in [2.05, 4.69) is 17.9 Å². The number of ketones is 1. The van der Waals surface area contributed by atoms with Crippen molar-refractivity contribution < 1.29 is 14.4 Å². The summed E-state index contributed by atoms with van der Waals surface area (Å²) >= 11 is 4.16. The second kappa shape index (κ2) is 5.76. The van der Waals surface area contributed by atoms with Crippen LogP contribution in [-0.4, -0.2) is 46.9 Å². The van der Waals surface area contributed by atoms with E-state index in [4.69, 9.17) is 0 Å². The molecule has 1 aliphatic heterocycles. The first-order valence-corrected chi connectivity index (χ1v) is 7.72. The van der Waals surface area contributed by atoms with Gasteiger partial charge in [0.1, 0.15) is 0 Å². The van der Waals surface area contributed by atoms with Gasteiger partial charge in [-0.15, -0.1) is 0 Å².